The molecule has 2 aromatic rings. The van der Waals surface area contributed by atoms with Crippen LogP contribution >= 0.6 is 15.9 Å². The minimum absolute atomic E-state index is 0.138. The number of nitrogens with one attached hydrogen (secondary N) is 1. The Kier molecular flexibility index (Phi) is 3.96. The standard InChI is InChI=1S/C16H22BrN3/c1-10-7-8-11(16(2,3)4)9-12(10)14-13(17)15(19-18-14)20(5)6/h7-9H,1-6H3,(H,18,19). The second-order valence-corrected chi connectivity index (χ2v) is 7.20. The molecule has 0 amide bonds. The largest absolute Gasteiger partial charge is 0.360 e. The number of nitrogens with zero attached hydrogens (tertiary/aromatic N) is 2. The highest BCUT2D eigenvalue weighted by atomic mass is 79.9. The third-order valence-corrected chi connectivity index (χ3v) is 4.24. The van der Waals surface area contributed by atoms with Crippen molar-refractivity contribution < 1.29 is 0 Å². The normalized spacial score (nSPS) is 11.8. The molecule has 0 atom stereocenters. The Morgan fingerprint density at radius 3 is 2.35 bits per heavy atom. The fourth-order valence-corrected chi connectivity index (χ4v) is 2.90. The van der Waals surface area contributed by atoms with E-state index >= 15 is 0 Å². The van der Waals surface area contributed by atoms with E-state index in [4.69, 9.17) is 0 Å². The van der Waals surface area contributed by atoms with Crippen LogP contribution in [0.2, 0.25) is 0 Å². The van der Waals surface area contributed by atoms with Crippen LogP contribution in [0, 0.1) is 6.92 Å². The van der Waals surface area contributed by atoms with Gasteiger partial charge in [-0.3, -0.25) is 5.10 Å². The van der Waals surface area contributed by atoms with E-state index in [0.29, 0.717) is 0 Å². The molecule has 1 aromatic carbocycles. The van der Waals surface area contributed by atoms with Gasteiger partial charge >= 0.3 is 0 Å². The summed E-state index contributed by atoms with van der Waals surface area (Å²) in [5.41, 5.74) is 4.94. The topological polar surface area (TPSA) is 31.9 Å². The number of aromatic nitrogens is 2. The number of hydrogen-bond acceptors (Lipinski definition) is 2. The lowest BCUT2D eigenvalue weighted by molar-refractivity contribution is 0.590. The van der Waals surface area contributed by atoms with Gasteiger partial charge in [0.15, 0.2) is 5.82 Å². The van der Waals surface area contributed by atoms with Crippen LogP contribution in [0.15, 0.2) is 22.7 Å². The second-order valence-electron chi connectivity index (χ2n) is 6.41. The Balaban J connectivity index is 2.58. The zero-order chi connectivity index (χ0) is 15.1. The van der Waals surface area contributed by atoms with Crippen LogP contribution in [0.4, 0.5) is 5.82 Å². The molecule has 0 aliphatic heterocycles. The summed E-state index contributed by atoms with van der Waals surface area (Å²) in [7, 11) is 3.98. The summed E-state index contributed by atoms with van der Waals surface area (Å²) in [6.07, 6.45) is 0. The van der Waals surface area contributed by atoms with Gasteiger partial charge in [-0.15, -0.1) is 0 Å². The summed E-state index contributed by atoms with van der Waals surface area (Å²) in [5, 5.41) is 7.53. The van der Waals surface area contributed by atoms with Crippen LogP contribution in [0.3, 0.4) is 0 Å². The smallest absolute Gasteiger partial charge is 0.164 e. The van der Waals surface area contributed by atoms with Gasteiger partial charge in [-0.05, 0) is 45.5 Å². The Morgan fingerprint density at radius 1 is 1.20 bits per heavy atom. The molecule has 0 saturated carbocycles. The number of anilines is 1. The van der Waals surface area contributed by atoms with Crippen LogP contribution < -0.4 is 4.90 Å². The molecule has 3 nitrogen and oxygen atoms in total. The van der Waals surface area contributed by atoms with Gasteiger partial charge in [-0.25, -0.2) is 0 Å². The van der Waals surface area contributed by atoms with Gasteiger partial charge in [-0.1, -0.05) is 32.9 Å². The van der Waals surface area contributed by atoms with Gasteiger partial charge in [0.25, 0.3) is 0 Å². The predicted molar refractivity (Wildman–Crippen MR) is 89.5 cm³/mol. The fourth-order valence-electron chi connectivity index (χ4n) is 2.15. The molecule has 20 heavy (non-hydrogen) atoms. The SMILES string of the molecule is Cc1ccc(C(C)(C)C)cc1-c1[nH]nc(N(C)C)c1Br. The molecule has 1 heterocycles. The van der Waals surface area contributed by atoms with E-state index in [0.717, 1.165) is 16.0 Å². The van der Waals surface area contributed by atoms with Gasteiger partial charge in [0, 0.05) is 19.7 Å². The summed E-state index contributed by atoms with van der Waals surface area (Å²) in [5.74, 6) is 0.917. The van der Waals surface area contributed by atoms with Gasteiger partial charge in [-0.2, -0.15) is 5.10 Å². The first kappa shape index (κ1) is 15.1. The number of aromatic amines is 1. The molecule has 0 unspecified atom stereocenters. The second kappa shape index (κ2) is 5.24. The zero-order valence-electron chi connectivity index (χ0n) is 13.0. The first-order chi connectivity index (χ1) is 9.21. The molecule has 0 saturated heterocycles. The lowest BCUT2D eigenvalue weighted by atomic mass is 9.85. The lowest BCUT2D eigenvalue weighted by Gasteiger charge is -2.20. The van der Waals surface area contributed by atoms with Gasteiger partial charge in [0.1, 0.15) is 0 Å². The van der Waals surface area contributed by atoms with Crippen LogP contribution in [0.1, 0.15) is 31.9 Å². The molecule has 0 bridgehead atoms. The molecule has 2 rings (SSSR count). The van der Waals surface area contributed by atoms with E-state index in [1.54, 1.807) is 0 Å². The minimum Gasteiger partial charge on any atom is -0.360 e. The third kappa shape index (κ3) is 2.75. The van der Waals surface area contributed by atoms with E-state index in [9.17, 15) is 0 Å². The average Bonchev–Trinajstić information content (AvgIpc) is 2.70. The number of benzene rings is 1. The van der Waals surface area contributed by atoms with Gasteiger partial charge in [0.2, 0.25) is 0 Å². The molecule has 0 spiro atoms. The number of H-pyrrole nitrogens is 1. The molecular weight excluding hydrogens is 314 g/mol. The Morgan fingerprint density at radius 2 is 1.85 bits per heavy atom. The molecule has 0 aliphatic rings. The molecule has 1 aromatic heterocycles. The van der Waals surface area contributed by atoms with Crippen molar-refractivity contribution in [2.24, 2.45) is 0 Å². The van der Waals surface area contributed by atoms with Crippen LogP contribution in [-0.4, -0.2) is 24.3 Å². The van der Waals surface area contributed by atoms with E-state index < -0.39 is 0 Å². The maximum atomic E-state index is 4.38. The maximum absolute atomic E-state index is 4.38. The van der Waals surface area contributed by atoms with Crippen molar-refractivity contribution >= 4 is 21.7 Å². The van der Waals surface area contributed by atoms with E-state index in [1.807, 2.05) is 19.0 Å². The van der Waals surface area contributed by atoms with Crippen LogP contribution in [-0.2, 0) is 5.41 Å². The van der Waals surface area contributed by atoms with Crippen LogP contribution in [0.5, 0.6) is 0 Å². The summed E-state index contributed by atoms with van der Waals surface area (Å²) >= 11 is 3.66. The Bertz CT molecular complexity index is 621. The fraction of sp³-hybridized carbons (Fsp3) is 0.438. The van der Waals surface area contributed by atoms with E-state index in [1.165, 1.54) is 16.7 Å². The average molecular weight is 336 g/mol. The first-order valence-corrected chi connectivity index (χ1v) is 7.54. The third-order valence-electron chi connectivity index (χ3n) is 3.49. The molecule has 0 fully saturated rings. The van der Waals surface area contributed by atoms with Crippen molar-refractivity contribution in [3.8, 4) is 11.3 Å². The van der Waals surface area contributed by atoms with Gasteiger partial charge in [0.05, 0.1) is 10.2 Å². The van der Waals surface area contributed by atoms with Crippen molar-refractivity contribution in [3.05, 3.63) is 33.8 Å². The van der Waals surface area contributed by atoms with Crippen LogP contribution in [0.25, 0.3) is 11.3 Å². The monoisotopic (exact) mass is 335 g/mol. The van der Waals surface area contributed by atoms with E-state index in [-0.39, 0.29) is 5.41 Å². The Hall–Kier alpha value is -1.29. The quantitative estimate of drug-likeness (QED) is 0.875. The minimum atomic E-state index is 0.138. The van der Waals surface area contributed by atoms with Gasteiger partial charge < -0.3 is 4.90 Å². The molecule has 0 aliphatic carbocycles. The lowest BCUT2D eigenvalue weighted by Crippen LogP contribution is -2.11. The van der Waals surface area contributed by atoms with Crippen molar-refractivity contribution in [3.63, 3.8) is 0 Å². The van der Waals surface area contributed by atoms with E-state index in [2.05, 4.69) is 72.0 Å². The summed E-state index contributed by atoms with van der Waals surface area (Å²) < 4.78 is 1.01. The number of halogens is 1. The summed E-state index contributed by atoms with van der Waals surface area (Å²) in [4.78, 5) is 1.99. The summed E-state index contributed by atoms with van der Waals surface area (Å²) in [6, 6.07) is 6.64. The zero-order valence-corrected chi connectivity index (χ0v) is 14.6. The summed E-state index contributed by atoms with van der Waals surface area (Å²) in [6.45, 7) is 8.82. The molecular formula is C16H22BrN3. The highest BCUT2D eigenvalue weighted by molar-refractivity contribution is 9.10. The van der Waals surface area contributed by atoms with Crippen molar-refractivity contribution in [1.82, 2.24) is 10.2 Å². The number of hydrogen-bond donors (Lipinski definition) is 1. The predicted octanol–water partition coefficient (Wildman–Crippen LogP) is 4.51. The van der Waals surface area contributed by atoms with Crippen molar-refractivity contribution in [2.75, 3.05) is 19.0 Å². The van der Waals surface area contributed by atoms with Crippen molar-refractivity contribution in [2.45, 2.75) is 33.1 Å². The highest BCUT2D eigenvalue weighted by Gasteiger charge is 2.19. The maximum Gasteiger partial charge on any atom is 0.164 e. The molecule has 0 radical (unpaired) electrons. The first-order valence-electron chi connectivity index (χ1n) is 6.74. The van der Waals surface area contributed by atoms with Crippen molar-refractivity contribution in [1.29, 1.82) is 0 Å². The molecule has 4 heteroatoms. The number of rotatable bonds is 2. The molecule has 1 N–H and O–H groups in total. The molecule has 108 valence electrons. The number of aryl methyl sites for hydroxylation is 1. The highest BCUT2D eigenvalue weighted by Crippen LogP contribution is 2.36. The Labute approximate surface area is 129 Å².